The van der Waals surface area contributed by atoms with Gasteiger partial charge in [-0.15, -0.1) is 0 Å². The fourth-order valence-corrected chi connectivity index (χ4v) is 2.49. The third kappa shape index (κ3) is 2.66. The van der Waals surface area contributed by atoms with Gasteiger partial charge in [-0.1, -0.05) is 30.3 Å². The first-order chi connectivity index (χ1) is 11.6. The van der Waals surface area contributed by atoms with Gasteiger partial charge in [0.2, 0.25) is 0 Å². The van der Waals surface area contributed by atoms with Crippen molar-refractivity contribution in [2.75, 3.05) is 0 Å². The summed E-state index contributed by atoms with van der Waals surface area (Å²) in [5.41, 5.74) is 1.29. The van der Waals surface area contributed by atoms with E-state index in [0.717, 1.165) is 0 Å². The van der Waals surface area contributed by atoms with Gasteiger partial charge < -0.3 is 0 Å². The van der Waals surface area contributed by atoms with Crippen LogP contribution in [0.4, 0.5) is 5.69 Å². The molecule has 0 spiro atoms. The van der Waals surface area contributed by atoms with Gasteiger partial charge in [-0.3, -0.25) is 19.5 Å². The molecular weight excluding hydrogens is 306 g/mol. The lowest BCUT2D eigenvalue weighted by molar-refractivity contribution is -0.385. The Morgan fingerprint density at radius 3 is 2.62 bits per heavy atom. The number of aromatic nitrogens is 1. The molecule has 0 aliphatic rings. The first-order valence-electron chi connectivity index (χ1n) is 7.08. The molecule has 116 valence electrons. The summed E-state index contributed by atoms with van der Waals surface area (Å²) in [5.74, 6) is -0.383. The van der Waals surface area contributed by atoms with Gasteiger partial charge in [0.15, 0.2) is 0 Å². The maximum atomic E-state index is 12.4. The minimum absolute atomic E-state index is 0.0726. The minimum Gasteiger partial charge on any atom is -0.282 e. The van der Waals surface area contributed by atoms with E-state index in [9.17, 15) is 14.9 Å². The van der Waals surface area contributed by atoms with E-state index in [1.807, 2.05) is 0 Å². The molecule has 0 amide bonds. The van der Waals surface area contributed by atoms with Crippen LogP contribution in [0.3, 0.4) is 0 Å². The number of hydrogen-bond acceptors (Lipinski definition) is 4. The number of para-hydroxylation sites is 2. The number of benzene rings is 2. The number of nitriles is 1. The molecule has 1 heterocycles. The smallest absolute Gasteiger partial charge is 0.276 e. The van der Waals surface area contributed by atoms with Crippen LogP contribution in [0.15, 0.2) is 60.8 Å². The second-order valence-corrected chi connectivity index (χ2v) is 5.03. The van der Waals surface area contributed by atoms with Crippen LogP contribution in [0.25, 0.3) is 17.0 Å². The molecule has 0 aliphatic carbocycles. The van der Waals surface area contributed by atoms with E-state index in [1.54, 1.807) is 42.5 Å². The Balaban J connectivity index is 2.00. The standard InChI is InChI=1S/C18H11N3O3/c19-11-14-12-20(17-8-4-2-6-15(14)17)18(22)10-9-13-5-1-3-7-16(13)21(23)24/h1-10,12H/b10-9+. The van der Waals surface area contributed by atoms with E-state index >= 15 is 0 Å². The monoisotopic (exact) mass is 317 g/mol. The number of rotatable bonds is 3. The number of hydrogen-bond donors (Lipinski definition) is 0. The quantitative estimate of drug-likeness (QED) is 0.418. The highest BCUT2D eigenvalue weighted by Crippen LogP contribution is 2.22. The van der Waals surface area contributed by atoms with Gasteiger partial charge in [-0.05, 0) is 18.2 Å². The molecule has 6 heteroatoms. The molecule has 3 aromatic rings. The average Bonchev–Trinajstić information content (AvgIpc) is 2.99. The molecule has 0 saturated heterocycles. The van der Waals surface area contributed by atoms with Gasteiger partial charge in [-0.2, -0.15) is 5.26 Å². The Labute approximate surface area is 137 Å². The number of nitro groups is 1. The molecule has 0 bridgehead atoms. The predicted molar refractivity (Wildman–Crippen MR) is 89.4 cm³/mol. The highest BCUT2D eigenvalue weighted by atomic mass is 16.6. The van der Waals surface area contributed by atoms with Crippen molar-refractivity contribution >= 4 is 28.6 Å². The molecule has 24 heavy (non-hydrogen) atoms. The fourth-order valence-electron chi connectivity index (χ4n) is 2.49. The average molecular weight is 317 g/mol. The highest BCUT2D eigenvalue weighted by molar-refractivity contribution is 6.02. The molecular formula is C18H11N3O3. The zero-order valence-electron chi connectivity index (χ0n) is 12.4. The Morgan fingerprint density at radius 2 is 1.88 bits per heavy atom. The first kappa shape index (κ1) is 15.2. The number of nitrogens with zero attached hydrogens (tertiary/aromatic N) is 3. The Kier molecular flexibility index (Phi) is 3.91. The molecule has 0 atom stereocenters. The summed E-state index contributed by atoms with van der Waals surface area (Å²) < 4.78 is 1.36. The first-order valence-corrected chi connectivity index (χ1v) is 7.08. The highest BCUT2D eigenvalue weighted by Gasteiger charge is 2.13. The van der Waals surface area contributed by atoms with Gasteiger partial charge >= 0.3 is 0 Å². The summed E-state index contributed by atoms with van der Waals surface area (Å²) in [4.78, 5) is 22.9. The molecule has 0 aliphatic heterocycles. The van der Waals surface area contributed by atoms with Crippen molar-refractivity contribution in [3.63, 3.8) is 0 Å². The minimum atomic E-state index is -0.497. The maximum absolute atomic E-state index is 12.4. The molecule has 3 rings (SSSR count). The SMILES string of the molecule is N#Cc1cn(C(=O)/C=C/c2ccccc2[N+](=O)[O-])c2ccccc12. The number of allylic oxidation sites excluding steroid dienone is 1. The lowest BCUT2D eigenvalue weighted by Gasteiger charge is -2.00. The lowest BCUT2D eigenvalue weighted by Crippen LogP contribution is -2.05. The van der Waals surface area contributed by atoms with Crippen LogP contribution in [0.1, 0.15) is 15.9 Å². The van der Waals surface area contributed by atoms with Crippen molar-refractivity contribution in [3.8, 4) is 6.07 Å². The molecule has 0 N–H and O–H groups in total. The number of nitro benzene ring substituents is 1. The lowest BCUT2D eigenvalue weighted by atomic mass is 10.1. The van der Waals surface area contributed by atoms with Crippen molar-refractivity contribution in [3.05, 3.63) is 82.0 Å². The van der Waals surface area contributed by atoms with E-state index in [1.165, 1.54) is 29.0 Å². The van der Waals surface area contributed by atoms with Gasteiger partial charge in [-0.25, -0.2) is 0 Å². The van der Waals surface area contributed by atoms with Gasteiger partial charge in [0, 0.05) is 23.7 Å². The van der Waals surface area contributed by atoms with Gasteiger partial charge in [0.25, 0.3) is 11.6 Å². The summed E-state index contributed by atoms with van der Waals surface area (Å²) >= 11 is 0. The van der Waals surface area contributed by atoms with E-state index in [2.05, 4.69) is 6.07 Å². The normalized spacial score (nSPS) is 10.8. The molecule has 2 aromatic carbocycles. The number of fused-ring (bicyclic) bond motifs is 1. The Bertz CT molecular complexity index is 1030. The fraction of sp³-hybridized carbons (Fsp3) is 0. The molecule has 0 radical (unpaired) electrons. The van der Waals surface area contributed by atoms with E-state index in [0.29, 0.717) is 22.0 Å². The van der Waals surface area contributed by atoms with Crippen molar-refractivity contribution in [1.82, 2.24) is 4.57 Å². The van der Waals surface area contributed by atoms with Crippen LogP contribution < -0.4 is 0 Å². The van der Waals surface area contributed by atoms with Crippen LogP contribution >= 0.6 is 0 Å². The summed E-state index contributed by atoms with van der Waals surface area (Å²) in [6, 6.07) is 15.3. The number of carbonyl (C=O) groups excluding carboxylic acids is 1. The van der Waals surface area contributed by atoms with Crippen LogP contribution in [0.5, 0.6) is 0 Å². The second kappa shape index (κ2) is 6.18. The van der Waals surface area contributed by atoms with Crippen LogP contribution in [0, 0.1) is 21.4 Å². The zero-order chi connectivity index (χ0) is 17.1. The number of carbonyl (C=O) groups is 1. The summed E-state index contributed by atoms with van der Waals surface area (Å²) in [7, 11) is 0. The largest absolute Gasteiger partial charge is 0.282 e. The van der Waals surface area contributed by atoms with Gasteiger partial charge in [0.1, 0.15) is 6.07 Å². The Hall–Kier alpha value is -3.72. The van der Waals surface area contributed by atoms with Crippen molar-refractivity contribution in [2.24, 2.45) is 0 Å². The third-order valence-electron chi connectivity index (χ3n) is 3.61. The molecule has 1 aromatic heterocycles. The maximum Gasteiger partial charge on any atom is 0.276 e. The second-order valence-electron chi connectivity index (χ2n) is 5.03. The molecule has 0 unspecified atom stereocenters. The Morgan fingerprint density at radius 1 is 1.17 bits per heavy atom. The molecule has 0 saturated carbocycles. The summed E-state index contributed by atoms with van der Waals surface area (Å²) in [6.07, 6.45) is 4.13. The van der Waals surface area contributed by atoms with E-state index in [4.69, 9.17) is 5.26 Å². The van der Waals surface area contributed by atoms with E-state index < -0.39 is 4.92 Å². The van der Waals surface area contributed by atoms with E-state index in [-0.39, 0.29) is 11.6 Å². The molecule has 0 fully saturated rings. The van der Waals surface area contributed by atoms with Gasteiger partial charge in [0.05, 0.1) is 21.6 Å². The van der Waals surface area contributed by atoms with Crippen molar-refractivity contribution in [2.45, 2.75) is 0 Å². The van der Waals surface area contributed by atoms with Crippen LogP contribution in [-0.4, -0.2) is 15.4 Å². The third-order valence-corrected chi connectivity index (χ3v) is 3.61. The van der Waals surface area contributed by atoms with Crippen molar-refractivity contribution < 1.29 is 9.72 Å². The van der Waals surface area contributed by atoms with Crippen LogP contribution in [0.2, 0.25) is 0 Å². The summed E-state index contributed by atoms with van der Waals surface area (Å²) in [6.45, 7) is 0. The predicted octanol–water partition coefficient (Wildman–Crippen LogP) is 3.77. The zero-order valence-corrected chi connectivity index (χ0v) is 12.4. The van der Waals surface area contributed by atoms with Crippen LogP contribution in [-0.2, 0) is 0 Å². The topological polar surface area (TPSA) is 88.9 Å². The molecule has 6 nitrogen and oxygen atoms in total. The summed E-state index contributed by atoms with van der Waals surface area (Å²) in [5, 5.41) is 20.9. The van der Waals surface area contributed by atoms with Crippen molar-refractivity contribution in [1.29, 1.82) is 5.26 Å².